The van der Waals surface area contributed by atoms with Gasteiger partial charge in [-0.15, -0.1) is 0 Å². The number of hydrogen-bond acceptors (Lipinski definition) is 4. The fourth-order valence-electron chi connectivity index (χ4n) is 3.61. The Balaban J connectivity index is 1.65. The molecule has 0 spiro atoms. The number of anilines is 1. The van der Waals surface area contributed by atoms with E-state index in [1.807, 2.05) is 0 Å². The molecule has 3 unspecified atom stereocenters. The highest BCUT2D eigenvalue weighted by molar-refractivity contribution is 5.85. The normalized spacial score (nSPS) is 28.6. The maximum absolute atomic E-state index is 11.0. The zero-order valence-electron chi connectivity index (χ0n) is 11.1. The molecule has 0 aromatic carbocycles. The van der Waals surface area contributed by atoms with Gasteiger partial charge in [-0.1, -0.05) is 6.42 Å². The minimum Gasteiger partial charge on any atom is -0.477 e. The summed E-state index contributed by atoms with van der Waals surface area (Å²) >= 11 is 0. The van der Waals surface area contributed by atoms with E-state index in [0.29, 0.717) is 17.6 Å². The van der Waals surface area contributed by atoms with Gasteiger partial charge in [0.15, 0.2) is 5.69 Å². The highest BCUT2D eigenvalue weighted by Crippen LogP contribution is 2.48. The Bertz CT molecular complexity index is 503. The number of nitrogens with zero attached hydrogens (tertiary/aromatic N) is 2. The first-order valence-corrected chi connectivity index (χ1v) is 6.94. The fourth-order valence-corrected chi connectivity index (χ4v) is 3.61. The Morgan fingerprint density at radius 3 is 2.89 bits per heavy atom. The van der Waals surface area contributed by atoms with Gasteiger partial charge < -0.3 is 10.4 Å². The van der Waals surface area contributed by atoms with Crippen molar-refractivity contribution in [2.75, 3.05) is 11.9 Å². The quantitative estimate of drug-likeness (QED) is 0.870. The molecule has 102 valence electrons. The van der Waals surface area contributed by atoms with E-state index >= 15 is 0 Å². The zero-order valence-corrected chi connectivity index (χ0v) is 11.1. The maximum atomic E-state index is 11.0. The topological polar surface area (TPSA) is 75.1 Å². The first-order chi connectivity index (χ1) is 9.11. The monoisotopic (exact) mass is 261 g/mol. The van der Waals surface area contributed by atoms with Gasteiger partial charge in [0, 0.05) is 12.2 Å². The summed E-state index contributed by atoms with van der Waals surface area (Å²) in [4.78, 5) is 19.2. The third-order valence-electron chi connectivity index (χ3n) is 4.48. The molecule has 2 fully saturated rings. The fraction of sp³-hybridized carbons (Fsp3) is 0.643. The molecule has 3 rings (SSSR count). The van der Waals surface area contributed by atoms with E-state index in [0.717, 1.165) is 18.4 Å². The van der Waals surface area contributed by atoms with Crippen LogP contribution in [-0.2, 0) is 0 Å². The Morgan fingerprint density at radius 2 is 2.26 bits per heavy atom. The van der Waals surface area contributed by atoms with Crippen molar-refractivity contribution in [1.29, 1.82) is 0 Å². The molecule has 0 amide bonds. The molecule has 2 aliphatic carbocycles. The SMILES string of the molecule is Cc1cc(C(=O)O)nc(NCC2CC3CCC2C3)n1. The van der Waals surface area contributed by atoms with Crippen LogP contribution in [0, 0.1) is 24.7 Å². The molecule has 5 heteroatoms. The van der Waals surface area contributed by atoms with Crippen LogP contribution in [0.2, 0.25) is 0 Å². The number of carboxylic acids is 1. The maximum Gasteiger partial charge on any atom is 0.354 e. The average Bonchev–Trinajstić information content (AvgIpc) is 2.97. The molecule has 2 bridgehead atoms. The van der Waals surface area contributed by atoms with Gasteiger partial charge in [-0.2, -0.15) is 0 Å². The van der Waals surface area contributed by atoms with Gasteiger partial charge in [0.25, 0.3) is 0 Å². The largest absolute Gasteiger partial charge is 0.477 e. The van der Waals surface area contributed by atoms with Crippen LogP contribution in [0.25, 0.3) is 0 Å². The van der Waals surface area contributed by atoms with Crippen LogP contribution in [-0.4, -0.2) is 27.6 Å². The van der Waals surface area contributed by atoms with Crippen molar-refractivity contribution in [3.63, 3.8) is 0 Å². The number of aromatic nitrogens is 2. The molecule has 19 heavy (non-hydrogen) atoms. The summed E-state index contributed by atoms with van der Waals surface area (Å²) in [5.41, 5.74) is 0.741. The summed E-state index contributed by atoms with van der Waals surface area (Å²) in [5.74, 6) is 1.91. The van der Waals surface area contributed by atoms with E-state index in [2.05, 4.69) is 15.3 Å². The Hall–Kier alpha value is -1.65. The predicted molar refractivity (Wildman–Crippen MR) is 71.2 cm³/mol. The first-order valence-electron chi connectivity index (χ1n) is 6.94. The lowest BCUT2D eigenvalue weighted by molar-refractivity contribution is 0.0690. The van der Waals surface area contributed by atoms with Gasteiger partial charge in [-0.25, -0.2) is 14.8 Å². The summed E-state index contributed by atoms with van der Waals surface area (Å²) in [6.07, 6.45) is 5.42. The van der Waals surface area contributed by atoms with Crippen LogP contribution >= 0.6 is 0 Å². The van der Waals surface area contributed by atoms with Crippen LogP contribution in [0.15, 0.2) is 6.07 Å². The molecule has 1 aromatic heterocycles. The van der Waals surface area contributed by atoms with Gasteiger partial charge >= 0.3 is 5.97 Å². The van der Waals surface area contributed by atoms with Crippen LogP contribution in [0.1, 0.15) is 41.9 Å². The lowest BCUT2D eigenvalue weighted by Gasteiger charge is -2.21. The van der Waals surface area contributed by atoms with Crippen molar-refractivity contribution in [1.82, 2.24) is 9.97 Å². The van der Waals surface area contributed by atoms with Crippen molar-refractivity contribution in [2.24, 2.45) is 17.8 Å². The summed E-state index contributed by atoms with van der Waals surface area (Å²) < 4.78 is 0. The molecule has 2 saturated carbocycles. The number of rotatable bonds is 4. The standard InChI is InChI=1S/C14H19N3O2/c1-8-4-12(13(18)19)17-14(16-8)15-7-11-6-9-2-3-10(11)5-9/h4,9-11H,2-3,5-7H2,1H3,(H,18,19)(H,15,16,17). The molecule has 1 heterocycles. The van der Waals surface area contributed by atoms with Crippen molar-refractivity contribution in [2.45, 2.75) is 32.6 Å². The summed E-state index contributed by atoms with van der Waals surface area (Å²) in [5, 5.41) is 12.2. The van der Waals surface area contributed by atoms with Crippen molar-refractivity contribution in [3.8, 4) is 0 Å². The number of fused-ring (bicyclic) bond motifs is 2. The summed E-state index contributed by atoms with van der Waals surface area (Å²) in [6.45, 7) is 2.65. The smallest absolute Gasteiger partial charge is 0.354 e. The van der Waals surface area contributed by atoms with Crippen molar-refractivity contribution >= 4 is 11.9 Å². The minimum absolute atomic E-state index is 0.0583. The molecular weight excluding hydrogens is 242 g/mol. The number of carbonyl (C=O) groups is 1. The predicted octanol–water partition coefficient (Wildman–Crippen LogP) is 2.33. The third kappa shape index (κ3) is 2.55. The van der Waals surface area contributed by atoms with Crippen LogP contribution in [0.4, 0.5) is 5.95 Å². The molecule has 0 saturated heterocycles. The molecule has 3 atom stereocenters. The third-order valence-corrected chi connectivity index (χ3v) is 4.48. The number of aryl methyl sites for hydroxylation is 1. The molecule has 2 aliphatic rings. The molecular formula is C14H19N3O2. The number of hydrogen-bond donors (Lipinski definition) is 2. The summed E-state index contributed by atoms with van der Waals surface area (Å²) in [6, 6.07) is 1.49. The van der Waals surface area contributed by atoms with E-state index in [9.17, 15) is 4.79 Å². The number of nitrogens with one attached hydrogen (secondary N) is 1. The highest BCUT2D eigenvalue weighted by atomic mass is 16.4. The lowest BCUT2D eigenvalue weighted by atomic mass is 9.89. The van der Waals surface area contributed by atoms with E-state index in [1.54, 1.807) is 6.92 Å². The van der Waals surface area contributed by atoms with Crippen molar-refractivity contribution < 1.29 is 9.90 Å². The highest BCUT2D eigenvalue weighted by Gasteiger charge is 2.39. The molecule has 0 radical (unpaired) electrons. The van der Waals surface area contributed by atoms with Gasteiger partial charge in [0.05, 0.1) is 0 Å². The van der Waals surface area contributed by atoms with Crippen molar-refractivity contribution in [3.05, 3.63) is 17.5 Å². The van der Waals surface area contributed by atoms with Crippen LogP contribution in [0.3, 0.4) is 0 Å². The molecule has 1 aromatic rings. The van der Waals surface area contributed by atoms with E-state index < -0.39 is 5.97 Å². The van der Waals surface area contributed by atoms with Crippen LogP contribution < -0.4 is 5.32 Å². The van der Waals surface area contributed by atoms with Gasteiger partial charge in [-0.05, 0) is 50.0 Å². The zero-order chi connectivity index (χ0) is 13.4. The van der Waals surface area contributed by atoms with Gasteiger partial charge in [0.1, 0.15) is 0 Å². The number of carboxylic acid groups (broad SMARTS) is 1. The van der Waals surface area contributed by atoms with Gasteiger partial charge in [-0.3, -0.25) is 0 Å². The average molecular weight is 261 g/mol. The molecule has 0 aliphatic heterocycles. The lowest BCUT2D eigenvalue weighted by Crippen LogP contribution is -2.21. The second-order valence-electron chi connectivity index (χ2n) is 5.84. The van der Waals surface area contributed by atoms with E-state index in [1.165, 1.54) is 31.7 Å². The second-order valence-corrected chi connectivity index (χ2v) is 5.84. The number of aromatic carboxylic acids is 1. The Labute approximate surface area is 112 Å². The van der Waals surface area contributed by atoms with Gasteiger partial charge in [0.2, 0.25) is 5.95 Å². The Kier molecular flexibility index (Phi) is 3.12. The van der Waals surface area contributed by atoms with Crippen LogP contribution in [0.5, 0.6) is 0 Å². The summed E-state index contributed by atoms with van der Waals surface area (Å²) in [7, 11) is 0. The minimum atomic E-state index is -1.01. The first kappa shape index (κ1) is 12.4. The molecule has 2 N–H and O–H groups in total. The molecule has 5 nitrogen and oxygen atoms in total. The van der Waals surface area contributed by atoms with E-state index in [4.69, 9.17) is 5.11 Å². The van der Waals surface area contributed by atoms with E-state index in [-0.39, 0.29) is 5.69 Å². The second kappa shape index (κ2) is 4.79. The Morgan fingerprint density at radius 1 is 1.42 bits per heavy atom.